The third-order valence-corrected chi connectivity index (χ3v) is 7.05. The van der Waals surface area contributed by atoms with E-state index in [0.717, 1.165) is 30.4 Å². The van der Waals surface area contributed by atoms with Crippen LogP contribution in [0.3, 0.4) is 0 Å². The number of hydrogen-bond acceptors (Lipinski definition) is 5. The molecule has 1 N–H and O–H groups in total. The highest BCUT2D eigenvalue weighted by Crippen LogP contribution is 2.28. The van der Waals surface area contributed by atoms with Gasteiger partial charge in [-0.3, -0.25) is 4.79 Å². The van der Waals surface area contributed by atoms with E-state index in [1.54, 1.807) is 61.0 Å². The number of methoxy groups -OCH3 is 2. The van der Waals surface area contributed by atoms with Crippen molar-refractivity contribution in [3.05, 3.63) is 59.7 Å². The Kier molecular flexibility index (Phi) is 7.70. The highest BCUT2D eigenvalue weighted by Gasteiger charge is 2.25. The molecule has 7 nitrogen and oxygen atoms in total. The number of piperidine rings is 1. The molecule has 0 unspecified atom stereocenters. The number of sulfonamides is 1. The Balaban J connectivity index is 1.62. The summed E-state index contributed by atoms with van der Waals surface area (Å²) in [4.78, 5) is 12.5. The molecule has 0 bridgehead atoms. The van der Waals surface area contributed by atoms with Crippen molar-refractivity contribution in [3.8, 4) is 11.5 Å². The maximum atomic E-state index is 12.8. The standard InChI is InChI=1S/C23H28N2O5S/c1-29-21-11-9-18(16-22(21)30-2)10-12-23(26)24-17-19-7-6-8-20(15-19)31(27,28)25-13-4-3-5-14-25/h6-12,15-16H,3-5,13-14,17H2,1-2H3,(H,24,26)/b12-10+. The molecule has 8 heteroatoms. The lowest BCUT2D eigenvalue weighted by Crippen LogP contribution is -2.35. The maximum absolute atomic E-state index is 12.8. The molecule has 1 amide bonds. The van der Waals surface area contributed by atoms with E-state index in [-0.39, 0.29) is 17.3 Å². The molecule has 3 rings (SSSR count). The largest absolute Gasteiger partial charge is 0.493 e. The third-order valence-electron chi connectivity index (χ3n) is 5.15. The molecular weight excluding hydrogens is 416 g/mol. The summed E-state index contributed by atoms with van der Waals surface area (Å²) in [6, 6.07) is 12.1. The van der Waals surface area contributed by atoms with Crippen molar-refractivity contribution in [2.45, 2.75) is 30.7 Å². The lowest BCUT2D eigenvalue weighted by molar-refractivity contribution is -0.116. The first kappa shape index (κ1) is 22.8. The second kappa shape index (κ2) is 10.5. The number of amides is 1. The van der Waals surface area contributed by atoms with Gasteiger partial charge in [0.2, 0.25) is 15.9 Å². The molecule has 0 aromatic heterocycles. The quantitative estimate of drug-likeness (QED) is 0.632. The van der Waals surface area contributed by atoms with E-state index in [1.807, 2.05) is 6.07 Å². The van der Waals surface area contributed by atoms with Gasteiger partial charge < -0.3 is 14.8 Å². The molecule has 1 heterocycles. The monoisotopic (exact) mass is 444 g/mol. The maximum Gasteiger partial charge on any atom is 0.244 e. The van der Waals surface area contributed by atoms with Gasteiger partial charge in [0.1, 0.15) is 0 Å². The van der Waals surface area contributed by atoms with E-state index >= 15 is 0 Å². The number of benzene rings is 2. The van der Waals surface area contributed by atoms with Gasteiger partial charge in [-0.15, -0.1) is 0 Å². The molecule has 0 atom stereocenters. The second-order valence-electron chi connectivity index (χ2n) is 7.28. The molecule has 2 aromatic carbocycles. The smallest absolute Gasteiger partial charge is 0.244 e. The van der Waals surface area contributed by atoms with Crippen LogP contribution in [-0.4, -0.2) is 45.9 Å². The topological polar surface area (TPSA) is 84.9 Å². The summed E-state index contributed by atoms with van der Waals surface area (Å²) in [5.41, 5.74) is 1.52. The van der Waals surface area contributed by atoms with E-state index in [1.165, 1.54) is 6.08 Å². The minimum atomic E-state index is -3.50. The predicted molar refractivity (Wildman–Crippen MR) is 119 cm³/mol. The lowest BCUT2D eigenvalue weighted by atomic mass is 10.2. The summed E-state index contributed by atoms with van der Waals surface area (Å²) in [6.45, 7) is 1.35. The van der Waals surface area contributed by atoms with E-state index in [4.69, 9.17) is 9.47 Å². The van der Waals surface area contributed by atoms with Crippen LogP contribution < -0.4 is 14.8 Å². The average Bonchev–Trinajstić information content (AvgIpc) is 2.81. The molecule has 0 radical (unpaired) electrons. The van der Waals surface area contributed by atoms with Crippen LogP contribution >= 0.6 is 0 Å². The van der Waals surface area contributed by atoms with Gasteiger partial charge in [-0.25, -0.2) is 8.42 Å². The van der Waals surface area contributed by atoms with E-state index in [2.05, 4.69) is 5.32 Å². The molecular formula is C23H28N2O5S. The first-order valence-corrected chi connectivity index (χ1v) is 11.6. The zero-order valence-electron chi connectivity index (χ0n) is 17.8. The minimum Gasteiger partial charge on any atom is -0.493 e. The van der Waals surface area contributed by atoms with Crippen molar-refractivity contribution >= 4 is 22.0 Å². The van der Waals surface area contributed by atoms with Crippen molar-refractivity contribution in [2.24, 2.45) is 0 Å². The zero-order valence-corrected chi connectivity index (χ0v) is 18.7. The van der Waals surface area contributed by atoms with Crippen molar-refractivity contribution in [1.82, 2.24) is 9.62 Å². The average molecular weight is 445 g/mol. The molecule has 0 spiro atoms. The van der Waals surface area contributed by atoms with E-state index in [0.29, 0.717) is 24.6 Å². The summed E-state index contributed by atoms with van der Waals surface area (Å²) in [7, 11) is -0.381. The summed E-state index contributed by atoms with van der Waals surface area (Å²) in [6.07, 6.45) is 5.95. The fraction of sp³-hybridized carbons (Fsp3) is 0.348. The van der Waals surface area contributed by atoms with Crippen LogP contribution in [0.1, 0.15) is 30.4 Å². The summed E-state index contributed by atoms with van der Waals surface area (Å²) >= 11 is 0. The van der Waals surface area contributed by atoms with Gasteiger partial charge in [0, 0.05) is 25.7 Å². The van der Waals surface area contributed by atoms with Crippen molar-refractivity contribution in [3.63, 3.8) is 0 Å². The van der Waals surface area contributed by atoms with Gasteiger partial charge in [0.05, 0.1) is 19.1 Å². The number of carbonyl (C=O) groups excluding carboxylic acids is 1. The SMILES string of the molecule is COc1ccc(/C=C/C(=O)NCc2cccc(S(=O)(=O)N3CCCCC3)c2)cc1OC. The van der Waals surface area contributed by atoms with Crippen molar-refractivity contribution < 1.29 is 22.7 Å². The molecule has 1 aliphatic rings. The van der Waals surface area contributed by atoms with Crippen LogP contribution in [0.4, 0.5) is 0 Å². The fourth-order valence-corrected chi connectivity index (χ4v) is 5.03. The lowest BCUT2D eigenvalue weighted by Gasteiger charge is -2.26. The van der Waals surface area contributed by atoms with Gasteiger partial charge in [-0.1, -0.05) is 24.6 Å². The van der Waals surface area contributed by atoms with Crippen LogP contribution in [0.2, 0.25) is 0 Å². The zero-order chi connectivity index (χ0) is 22.3. The van der Waals surface area contributed by atoms with Crippen LogP contribution in [0.5, 0.6) is 11.5 Å². The first-order chi connectivity index (χ1) is 14.9. The third kappa shape index (κ3) is 5.86. The number of ether oxygens (including phenoxy) is 2. The molecule has 1 saturated heterocycles. The highest BCUT2D eigenvalue weighted by atomic mass is 32.2. The molecule has 1 fully saturated rings. The van der Waals surface area contributed by atoms with E-state index in [9.17, 15) is 13.2 Å². The van der Waals surface area contributed by atoms with Gasteiger partial charge in [0.25, 0.3) is 0 Å². The Labute approximate surface area is 183 Å². The Bertz CT molecular complexity index is 1040. The van der Waals surface area contributed by atoms with E-state index < -0.39 is 10.0 Å². The van der Waals surface area contributed by atoms with Crippen molar-refractivity contribution in [1.29, 1.82) is 0 Å². The predicted octanol–water partition coefficient (Wildman–Crippen LogP) is 3.21. The Morgan fingerprint density at radius 1 is 1.03 bits per heavy atom. The van der Waals surface area contributed by atoms with Gasteiger partial charge >= 0.3 is 0 Å². The number of nitrogens with zero attached hydrogens (tertiary/aromatic N) is 1. The number of nitrogens with one attached hydrogen (secondary N) is 1. The number of hydrogen-bond donors (Lipinski definition) is 1. The van der Waals surface area contributed by atoms with Crippen LogP contribution in [0.15, 0.2) is 53.4 Å². The summed E-state index contributed by atoms with van der Waals surface area (Å²) in [5.74, 6) is 0.916. The summed E-state index contributed by atoms with van der Waals surface area (Å²) in [5, 5.41) is 2.79. The Morgan fingerprint density at radius 2 is 1.77 bits per heavy atom. The van der Waals surface area contributed by atoms with Gasteiger partial charge in [-0.2, -0.15) is 4.31 Å². The molecule has 1 aliphatic heterocycles. The normalized spacial score (nSPS) is 15.0. The van der Waals surface area contributed by atoms with Crippen LogP contribution in [0, 0.1) is 0 Å². The van der Waals surface area contributed by atoms with Crippen molar-refractivity contribution in [2.75, 3.05) is 27.3 Å². The fourth-order valence-electron chi connectivity index (χ4n) is 3.45. The van der Waals surface area contributed by atoms with Crippen LogP contribution in [-0.2, 0) is 21.4 Å². The molecule has 31 heavy (non-hydrogen) atoms. The Morgan fingerprint density at radius 3 is 2.48 bits per heavy atom. The van der Waals surface area contributed by atoms with Gasteiger partial charge in [0.15, 0.2) is 11.5 Å². The molecule has 0 saturated carbocycles. The number of rotatable bonds is 8. The van der Waals surface area contributed by atoms with Gasteiger partial charge in [-0.05, 0) is 54.3 Å². The summed E-state index contributed by atoms with van der Waals surface area (Å²) < 4.78 is 37.7. The molecule has 2 aromatic rings. The minimum absolute atomic E-state index is 0.235. The highest BCUT2D eigenvalue weighted by molar-refractivity contribution is 7.89. The molecule has 166 valence electrons. The first-order valence-electron chi connectivity index (χ1n) is 10.2. The molecule has 0 aliphatic carbocycles. The Hall–Kier alpha value is -2.84. The van der Waals surface area contributed by atoms with Crippen LogP contribution in [0.25, 0.3) is 6.08 Å². The number of carbonyl (C=O) groups is 1. The second-order valence-corrected chi connectivity index (χ2v) is 9.22.